The molecule has 27 heavy (non-hydrogen) atoms. The van der Waals surface area contributed by atoms with Crippen LogP contribution in [0.2, 0.25) is 0 Å². The van der Waals surface area contributed by atoms with E-state index in [4.69, 9.17) is 9.47 Å². The summed E-state index contributed by atoms with van der Waals surface area (Å²) in [5.41, 5.74) is 0.560. The van der Waals surface area contributed by atoms with Gasteiger partial charge in [-0.3, -0.25) is 9.59 Å². The zero-order chi connectivity index (χ0) is 19.9. The van der Waals surface area contributed by atoms with Crippen molar-refractivity contribution in [3.63, 3.8) is 0 Å². The van der Waals surface area contributed by atoms with Crippen LogP contribution in [-0.2, 0) is 21.5 Å². The quantitative estimate of drug-likeness (QED) is 0.707. The van der Waals surface area contributed by atoms with E-state index in [1.807, 2.05) is 24.3 Å². The Balaban J connectivity index is 2.15. The molecule has 1 atom stereocenters. The zero-order valence-electron chi connectivity index (χ0n) is 15.8. The van der Waals surface area contributed by atoms with E-state index in [2.05, 4.69) is 5.32 Å². The average molecular weight is 371 g/mol. The summed E-state index contributed by atoms with van der Waals surface area (Å²) in [6.45, 7) is 1.71. The number of carboxylic acids is 1. The molecule has 0 bridgehead atoms. The summed E-state index contributed by atoms with van der Waals surface area (Å²) in [5, 5.41) is 12.2. The molecule has 1 unspecified atom stereocenters. The highest BCUT2D eigenvalue weighted by molar-refractivity contribution is 5.79. The highest BCUT2D eigenvalue weighted by Gasteiger charge is 2.31. The molecule has 2 rings (SSSR count). The Morgan fingerprint density at radius 1 is 1.07 bits per heavy atom. The van der Waals surface area contributed by atoms with Crippen LogP contribution < -0.4 is 14.8 Å². The van der Waals surface area contributed by atoms with Crippen molar-refractivity contribution < 1.29 is 24.2 Å². The Morgan fingerprint density at radius 2 is 1.81 bits per heavy atom. The van der Waals surface area contributed by atoms with E-state index in [1.165, 1.54) is 0 Å². The van der Waals surface area contributed by atoms with E-state index in [0.29, 0.717) is 17.7 Å². The van der Waals surface area contributed by atoms with Gasteiger partial charge in [0.25, 0.3) is 0 Å². The Labute approximate surface area is 159 Å². The van der Waals surface area contributed by atoms with E-state index in [1.54, 1.807) is 45.4 Å². The van der Waals surface area contributed by atoms with Crippen molar-refractivity contribution in [3.8, 4) is 11.5 Å². The molecule has 6 nitrogen and oxygen atoms in total. The molecule has 0 aliphatic carbocycles. The highest BCUT2D eigenvalue weighted by Crippen LogP contribution is 2.28. The van der Waals surface area contributed by atoms with Crippen LogP contribution in [0.4, 0.5) is 0 Å². The highest BCUT2D eigenvalue weighted by atomic mass is 16.5. The molecule has 2 aromatic carbocycles. The Morgan fingerprint density at radius 3 is 2.48 bits per heavy atom. The van der Waals surface area contributed by atoms with Gasteiger partial charge in [-0.1, -0.05) is 30.3 Å². The Kier molecular flexibility index (Phi) is 6.82. The predicted molar refractivity (Wildman–Crippen MR) is 102 cm³/mol. The number of hydrogen-bond donors (Lipinski definition) is 2. The molecule has 0 aliphatic rings. The standard InChI is InChI=1S/C21H25NO5/c1-21(14-20(24)25,16-8-6-9-17(13-16)26-2)22-19(23)12-11-15-7-4-5-10-18(15)27-3/h4-10,13H,11-12,14H2,1-3H3,(H,22,23)(H,24,25). The normalized spacial score (nSPS) is 12.7. The number of benzene rings is 2. The fourth-order valence-electron chi connectivity index (χ4n) is 3.02. The largest absolute Gasteiger partial charge is 0.497 e. The van der Waals surface area contributed by atoms with Crippen molar-refractivity contribution in [1.82, 2.24) is 5.32 Å². The number of methoxy groups -OCH3 is 2. The number of aliphatic carboxylic acids is 1. The minimum absolute atomic E-state index is 0.222. The lowest BCUT2D eigenvalue weighted by Gasteiger charge is -2.30. The van der Waals surface area contributed by atoms with Gasteiger partial charge in [-0.25, -0.2) is 0 Å². The van der Waals surface area contributed by atoms with Crippen LogP contribution >= 0.6 is 0 Å². The smallest absolute Gasteiger partial charge is 0.306 e. The second-order valence-corrected chi connectivity index (χ2v) is 6.49. The maximum absolute atomic E-state index is 12.6. The van der Waals surface area contributed by atoms with Crippen LogP contribution in [0, 0.1) is 0 Å². The maximum Gasteiger partial charge on any atom is 0.306 e. The fraction of sp³-hybridized carbons (Fsp3) is 0.333. The molecule has 0 fully saturated rings. The number of carbonyl (C=O) groups is 2. The van der Waals surface area contributed by atoms with Crippen LogP contribution in [0.3, 0.4) is 0 Å². The number of para-hydroxylation sites is 1. The zero-order valence-corrected chi connectivity index (χ0v) is 15.8. The molecule has 144 valence electrons. The maximum atomic E-state index is 12.6. The molecule has 0 spiro atoms. The van der Waals surface area contributed by atoms with Crippen molar-refractivity contribution >= 4 is 11.9 Å². The van der Waals surface area contributed by atoms with E-state index in [-0.39, 0.29) is 18.7 Å². The van der Waals surface area contributed by atoms with E-state index in [9.17, 15) is 14.7 Å². The number of hydrogen-bond acceptors (Lipinski definition) is 4. The number of nitrogens with one attached hydrogen (secondary N) is 1. The number of carboxylic acid groups (broad SMARTS) is 1. The number of amides is 1. The van der Waals surface area contributed by atoms with Gasteiger partial charge in [0, 0.05) is 6.42 Å². The summed E-state index contributed by atoms with van der Waals surface area (Å²) in [6, 6.07) is 14.6. The fourth-order valence-corrected chi connectivity index (χ4v) is 3.02. The average Bonchev–Trinajstić information content (AvgIpc) is 2.66. The molecule has 0 aromatic heterocycles. The predicted octanol–water partition coefficient (Wildman–Crippen LogP) is 3.14. The van der Waals surface area contributed by atoms with Gasteiger partial charge in [0.05, 0.1) is 26.2 Å². The molecule has 0 saturated heterocycles. The van der Waals surface area contributed by atoms with Gasteiger partial charge in [0.1, 0.15) is 11.5 Å². The van der Waals surface area contributed by atoms with Crippen LogP contribution in [0.1, 0.15) is 30.9 Å². The van der Waals surface area contributed by atoms with Crippen molar-refractivity contribution in [2.75, 3.05) is 14.2 Å². The number of aryl methyl sites for hydroxylation is 1. The van der Waals surface area contributed by atoms with Gasteiger partial charge in [0.2, 0.25) is 5.91 Å². The van der Waals surface area contributed by atoms with Crippen LogP contribution in [0.15, 0.2) is 48.5 Å². The first-order valence-corrected chi connectivity index (χ1v) is 8.67. The summed E-state index contributed by atoms with van der Waals surface area (Å²) in [4.78, 5) is 24.0. The molecule has 0 aliphatic heterocycles. The van der Waals surface area contributed by atoms with Crippen LogP contribution in [0.5, 0.6) is 11.5 Å². The molecular weight excluding hydrogens is 346 g/mol. The molecular formula is C21H25NO5. The summed E-state index contributed by atoms with van der Waals surface area (Å²) < 4.78 is 10.5. The van der Waals surface area contributed by atoms with E-state index < -0.39 is 11.5 Å². The number of ether oxygens (including phenoxy) is 2. The summed E-state index contributed by atoms with van der Waals surface area (Å²) >= 11 is 0. The van der Waals surface area contributed by atoms with Gasteiger partial charge in [0.15, 0.2) is 0 Å². The summed E-state index contributed by atoms with van der Waals surface area (Å²) in [5.74, 6) is 0.108. The van der Waals surface area contributed by atoms with E-state index >= 15 is 0 Å². The SMILES string of the molecule is COc1cccc(C(C)(CC(=O)O)NC(=O)CCc2ccccc2OC)c1. The van der Waals surface area contributed by atoms with Crippen molar-refractivity contribution in [2.45, 2.75) is 31.7 Å². The summed E-state index contributed by atoms with van der Waals surface area (Å²) in [6.07, 6.45) is 0.483. The minimum atomic E-state index is -1.04. The lowest BCUT2D eigenvalue weighted by Crippen LogP contribution is -2.45. The lowest BCUT2D eigenvalue weighted by atomic mass is 9.88. The third kappa shape index (κ3) is 5.48. The van der Waals surface area contributed by atoms with Crippen LogP contribution in [-0.4, -0.2) is 31.2 Å². The molecule has 0 saturated carbocycles. The van der Waals surface area contributed by atoms with Crippen molar-refractivity contribution in [2.24, 2.45) is 0 Å². The molecule has 2 aromatic rings. The Hall–Kier alpha value is -3.02. The van der Waals surface area contributed by atoms with Gasteiger partial charge >= 0.3 is 5.97 Å². The molecule has 1 amide bonds. The third-order valence-corrected chi connectivity index (χ3v) is 4.44. The number of carbonyl (C=O) groups excluding carboxylic acids is 1. The molecule has 6 heteroatoms. The molecule has 0 heterocycles. The first kappa shape index (κ1) is 20.3. The Bertz CT molecular complexity index is 805. The van der Waals surface area contributed by atoms with E-state index in [0.717, 1.165) is 11.3 Å². The number of rotatable bonds is 9. The van der Waals surface area contributed by atoms with Gasteiger partial charge in [-0.2, -0.15) is 0 Å². The van der Waals surface area contributed by atoms with Gasteiger partial charge in [-0.05, 0) is 42.7 Å². The minimum Gasteiger partial charge on any atom is -0.497 e. The van der Waals surface area contributed by atoms with Crippen molar-refractivity contribution in [3.05, 3.63) is 59.7 Å². The first-order chi connectivity index (χ1) is 12.9. The molecule has 2 N–H and O–H groups in total. The lowest BCUT2D eigenvalue weighted by molar-refractivity contribution is -0.139. The second-order valence-electron chi connectivity index (χ2n) is 6.49. The summed E-state index contributed by atoms with van der Waals surface area (Å²) in [7, 11) is 3.13. The van der Waals surface area contributed by atoms with Crippen LogP contribution in [0.25, 0.3) is 0 Å². The topological polar surface area (TPSA) is 84.9 Å². The first-order valence-electron chi connectivity index (χ1n) is 8.67. The third-order valence-electron chi connectivity index (χ3n) is 4.44. The van der Waals surface area contributed by atoms with Crippen molar-refractivity contribution in [1.29, 1.82) is 0 Å². The monoisotopic (exact) mass is 371 g/mol. The van der Waals surface area contributed by atoms with Gasteiger partial charge < -0.3 is 19.9 Å². The second kappa shape index (κ2) is 9.07. The van der Waals surface area contributed by atoms with Gasteiger partial charge in [-0.15, -0.1) is 0 Å². The molecule has 0 radical (unpaired) electrons.